The third-order valence-electron chi connectivity index (χ3n) is 3.43. The van der Waals surface area contributed by atoms with Crippen molar-refractivity contribution in [1.29, 1.82) is 0 Å². The van der Waals surface area contributed by atoms with E-state index in [1.54, 1.807) is 0 Å². The van der Waals surface area contributed by atoms with E-state index in [1.807, 2.05) is 42.5 Å². The van der Waals surface area contributed by atoms with Crippen LogP contribution in [0.5, 0.6) is 11.5 Å². The van der Waals surface area contributed by atoms with Crippen molar-refractivity contribution in [2.75, 3.05) is 13.2 Å². The molecule has 3 heteroatoms. The molecule has 0 saturated carbocycles. The average Bonchev–Trinajstić information content (AvgIpc) is 2.89. The van der Waals surface area contributed by atoms with Gasteiger partial charge in [0.2, 0.25) is 0 Å². The first-order valence-electron chi connectivity index (χ1n) is 6.51. The number of rotatable bonds is 4. The first kappa shape index (κ1) is 12.1. The number of fused-ring (bicyclic) bond motifs is 1. The zero-order valence-electron chi connectivity index (χ0n) is 10.7. The molecule has 0 bridgehead atoms. The molecule has 0 amide bonds. The molecule has 2 N–H and O–H groups in total. The van der Waals surface area contributed by atoms with Gasteiger partial charge in [0.25, 0.3) is 0 Å². The Kier molecular flexibility index (Phi) is 3.38. The molecule has 3 rings (SSSR count). The Hall–Kier alpha value is -2.00. The maximum atomic E-state index is 5.91. The summed E-state index contributed by atoms with van der Waals surface area (Å²) < 4.78 is 11.6. The van der Waals surface area contributed by atoms with Crippen LogP contribution in [-0.2, 0) is 6.54 Å². The zero-order valence-corrected chi connectivity index (χ0v) is 10.7. The molecule has 0 saturated heterocycles. The van der Waals surface area contributed by atoms with E-state index in [4.69, 9.17) is 15.2 Å². The molecule has 1 aliphatic heterocycles. The summed E-state index contributed by atoms with van der Waals surface area (Å²) in [7, 11) is 0. The lowest BCUT2D eigenvalue weighted by Gasteiger charge is -2.13. The number of benzene rings is 2. The molecule has 98 valence electrons. The van der Waals surface area contributed by atoms with Crippen molar-refractivity contribution in [2.45, 2.75) is 12.5 Å². The predicted molar refractivity (Wildman–Crippen MR) is 74.5 cm³/mol. The van der Waals surface area contributed by atoms with Crippen molar-refractivity contribution in [1.82, 2.24) is 0 Å². The second kappa shape index (κ2) is 5.33. The molecular weight excluding hydrogens is 238 g/mol. The highest BCUT2D eigenvalue weighted by Gasteiger charge is 2.24. The number of ether oxygens (including phenoxy) is 2. The van der Waals surface area contributed by atoms with Gasteiger partial charge in [-0.2, -0.15) is 0 Å². The summed E-state index contributed by atoms with van der Waals surface area (Å²) in [6.45, 7) is 1.80. The van der Waals surface area contributed by atoms with Gasteiger partial charge in [0.05, 0.1) is 19.1 Å². The third kappa shape index (κ3) is 2.42. The second-order valence-electron chi connectivity index (χ2n) is 4.67. The van der Waals surface area contributed by atoms with Crippen LogP contribution in [0.1, 0.15) is 17.0 Å². The maximum Gasteiger partial charge on any atom is 0.123 e. The molecule has 2 aromatic carbocycles. The minimum atomic E-state index is 0.294. The minimum absolute atomic E-state index is 0.294. The summed E-state index contributed by atoms with van der Waals surface area (Å²) in [5, 5.41) is 0. The van der Waals surface area contributed by atoms with E-state index in [2.05, 4.69) is 6.07 Å². The van der Waals surface area contributed by atoms with Crippen LogP contribution >= 0.6 is 0 Å². The van der Waals surface area contributed by atoms with Gasteiger partial charge in [0, 0.05) is 17.7 Å². The molecule has 1 aliphatic rings. The molecule has 0 radical (unpaired) electrons. The molecule has 2 aromatic rings. The summed E-state index contributed by atoms with van der Waals surface area (Å²) in [4.78, 5) is 0. The number of hydrogen-bond acceptors (Lipinski definition) is 3. The standard InChI is InChI=1S/C16H17NO2/c17-9-12-5-1-3-7-15(12)18-10-13-11-19-16-8-4-2-6-14(13)16/h1-8,13H,9-11,17H2. The zero-order chi connectivity index (χ0) is 13.1. The van der Waals surface area contributed by atoms with Crippen LogP contribution in [0, 0.1) is 0 Å². The Morgan fingerprint density at radius 1 is 1.11 bits per heavy atom. The first-order valence-corrected chi connectivity index (χ1v) is 6.51. The van der Waals surface area contributed by atoms with Crippen molar-refractivity contribution in [3.63, 3.8) is 0 Å². The smallest absolute Gasteiger partial charge is 0.123 e. The van der Waals surface area contributed by atoms with Crippen LogP contribution in [0.3, 0.4) is 0 Å². The van der Waals surface area contributed by atoms with Crippen molar-refractivity contribution >= 4 is 0 Å². The van der Waals surface area contributed by atoms with Gasteiger partial charge in [-0.05, 0) is 12.1 Å². The van der Waals surface area contributed by atoms with Crippen molar-refractivity contribution in [2.24, 2.45) is 5.73 Å². The fraction of sp³-hybridized carbons (Fsp3) is 0.250. The molecule has 1 heterocycles. The van der Waals surface area contributed by atoms with Gasteiger partial charge in [-0.25, -0.2) is 0 Å². The van der Waals surface area contributed by atoms with E-state index in [9.17, 15) is 0 Å². The Bertz CT molecular complexity index is 568. The van der Waals surface area contributed by atoms with Gasteiger partial charge in [-0.3, -0.25) is 0 Å². The highest BCUT2D eigenvalue weighted by atomic mass is 16.5. The largest absolute Gasteiger partial charge is 0.493 e. The first-order chi connectivity index (χ1) is 9.38. The van der Waals surface area contributed by atoms with Crippen LogP contribution in [-0.4, -0.2) is 13.2 Å². The Labute approximate surface area is 113 Å². The van der Waals surface area contributed by atoms with E-state index < -0.39 is 0 Å². The van der Waals surface area contributed by atoms with Gasteiger partial charge in [0.1, 0.15) is 11.5 Å². The Morgan fingerprint density at radius 2 is 1.89 bits per heavy atom. The number of hydrogen-bond donors (Lipinski definition) is 1. The Morgan fingerprint density at radius 3 is 2.79 bits per heavy atom. The number of nitrogens with two attached hydrogens (primary N) is 1. The fourth-order valence-corrected chi connectivity index (χ4v) is 2.37. The monoisotopic (exact) mass is 255 g/mol. The van der Waals surface area contributed by atoms with Gasteiger partial charge >= 0.3 is 0 Å². The van der Waals surface area contributed by atoms with Crippen LogP contribution in [0.2, 0.25) is 0 Å². The van der Waals surface area contributed by atoms with Crippen LogP contribution in [0.4, 0.5) is 0 Å². The SMILES string of the molecule is NCc1ccccc1OCC1COc2ccccc21. The maximum absolute atomic E-state index is 5.91. The van der Waals surface area contributed by atoms with E-state index >= 15 is 0 Å². The lowest BCUT2D eigenvalue weighted by molar-refractivity contribution is 0.247. The molecule has 1 unspecified atom stereocenters. The molecule has 3 nitrogen and oxygen atoms in total. The third-order valence-corrected chi connectivity index (χ3v) is 3.43. The molecule has 0 fully saturated rings. The summed E-state index contributed by atoms with van der Waals surface area (Å²) in [6.07, 6.45) is 0. The van der Waals surface area contributed by atoms with Crippen LogP contribution < -0.4 is 15.2 Å². The second-order valence-corrected chi connectivity index (χ2v) is 4.67. The summed E-state index contributed by atoms with van der Waals surface area (Å²) in [5.41, 5.74) is 7.97. The van der Waals surface area contributed by atoms with E-state index in [0.717, 1.165) is 17.1 Å². The van der Waals surface area contributed by atoms with E-state index in [1.165, 1.54) is 5.56 Å². The summed E-state index contributed by atoms with van der Waals surface area (Å²) in [6, 6.07) is 16.0. The predicted octanol–water partition coefficient (Wildman–Crippen LogP) is 2.70. The van der Waals surface area contributed by atoms with Crippen molar-refractivity contribution in [3.8, 4) is 11.5 Å². The van der Waals surface area contributed by atoms with Gasteiger partial charge in [-0.1, -0.05) is 36.4 Å². The molecule has 0 aromatic heterocycles. The summed E-state index contributed by atoms with van der Waals surface area (Å²) >= 11 is 0. The quantitative estimate of drug-likeness (QED) is 0.913. The molecule has 0 aliphatic carbocycles. The van der Waals surface area contributed by atoms with Gasteiger partial charge in [0.15, 0.2) is 0 Å². The van der Waals surface area contributed by atoms with Gasteiger partial charge < -0.3 is 15.2 Å². The van der Waals surface area contributed by atoms with Crippen molar-refractivity contribution in [3.05, 3.63) is 59.7 Å². The van der Waals surface area contributed by atoms with Crippen LogP contribution in [0.25, 0.3) is 0 Å². The van der Waals surface area contributed by atoms with E-state index in [-0.39, 0.29) is 0 Å². The number of para-hydroxylation sites is 2. The average molecular weight is 255 g/mol. The lowest BCUT2D eigenvalue weighted by Crippen LogP contribution is -2.13. The molecule has 1 atom stereocenters. The lowest BCUT2D eigenvalue weighted by atomic mass is 10.0. The molecular formula is C16H17NO2. The highest BCUT2D eigenvalue weighted by Crippen LogP contribution is 2.34. The minimum Gasteiger partial charge on any atom is -0.493 e. The van der Waals surface area contributed by atoms with Gasteiger partial charge in [-0.15, -0.1) is 0 Å². The van der Waals surface area contributed by atoms with Crippen molar-refractivity contribution < 1.29 is 9.47 Å². The highest BCUT2D eigenvalue weighted by molar-refractivity contribution is 5.40. The fourth-order valence-electron chi connectivity index (χ4n) is 2.37. The van der Waals surface area contributed by atoms with Crippen LogP contribution in [0.15, 0.2) is 48.5 Å². The molecule has 19 heavy (non-hydrogen) atoms. The Balaban J connectivity index is 1.71. The topological polar surface area (TPSA) is 44.5 Å². The van der Waals surface area contributed by atoms with E-state index in [0.29, 0.717) is 25.7 Å². The summed E-state index contributed by atoms with van der Waals surface area (Å²) in [5.74, 6) is 2.14. The normalized spacial score (nSPS) is 16.8. The molecule has 0 spiro atoms.